The number of esters is 3. The van der Waals surface area contributed by atoms with Gasteiger partial charge in [0.05, 0.1) is 39.6 Å². The third-order valence-electron chi connectivity index (χ3n) is 3.03. The quantitative estimate of drug-likeness (QED) is 0.110. The molecule has 168 valence electrons. The van der Waals surface area contributed by atoms with E-state index in [0.717, 1.165) is 13.0 Å². The molecule has 11 nitrogen and oxygen atoms in total. The standard InChI is InChI=1S/C18H31NO10/c1-13(20)26-6-4-16(28-14(2)21)17(29-15(3)22)12-18(23)27-11-10-25-9-8-24-7-5-19/h12,16,18,23H,4-11,19H2,1-3H3/b17-12-. The van der Waals surface area contributed by atoms with Crippen molar-refractivity contribution in [3.63, 3.8) is 0 Å². The van der Waals surface area contributed by atoms with Crippen LogP contribution in [0, 0.1) is 0 Å². The molecular formula is C18H31NO10. The van der Waals surface area contributed by atoms with Crippen LogP contribution in [-0.4, -0.2) is 81.6 Å². The first kappa shape index (κ1) is 27.0. The number of hydrogen-bond donors (Lipinski definition) is 2. The lowest BCUT2D eigenvalue weighted by Crippen LogP contribution is -2.26. The molecule has 2 unspecified atom stereocenters. The maximum Gasteiger partial charge on any atom is 0.307 e. The molecule has 0 amide bonds. The van der Waals surface area contributed by atoms with E-state index in [1.54, 1.807) is 0 Å². The SMILES string of the molecule is CC(=O)OCCC(OC(C)=O)/C(=C/C(O)OCCOCCOCCN)OC(C)=O. The molecular weight excluding hydrogens is 390 g/mol. The van der Waals surface area contributed by atoms with Gasteiger partial charge in [-0.15, -0.1) is 0 Å². The first-order chi connectivity index (χ1) is 13.8. The fourth-order valence-electron chi connectivity index (χ4n) is 1.96. The van der Waals surface area contributed by atoms with E-state index in [-0.39, 0.29) is 32.0 Å². The van der Waals surface area contributed by atoms with E-state index in [0.29, 0.717) is 26.4 Å². The Morgan fingerprint density at radius 1 is 0.897 bits per heavy atom. The average molecular weight is 421 g/mol. The van der Waals surface area contributed by atoms with E-state index in [9.17, 15) is 19.5 Å². The minimum absolute atomic E-state index is 0.0247. The molecule has 0 spiro atoms. The van der Waals surface area contributed by atoms with Crippen LogP contribution < -0.4 is 5.73 Å². The van der Waals surface area contributed by atoms with Crippen LogP contribution in [0.1, 0.15) is 27.2 Å². The third kappa shape index (κ3) is 16.6. The summed E-state index contributed by atoms with van der Waals surface area (Å²) in [6.07, 6.45) is -1.39. The minimum Gasteiger partial charge on any atom is -0.466 e. The lowest BCUT2D eigenvalue weighted by Gasteiger charge is -2.20. The van der Waals surface area contributed by atoms with Crippen LogP contribution in [0.25, 0.3) is 0 Å². The van der Waals surface area contributed by atoms with E-state index >= 15 is 0 Å². The maximum absolute atomic E-state index is 11.4. The molecule has 3 N–H and O–H groups in total. The maximum atomic E-state index is 11.4. The van der Waals surface area contributed by atoms with Crippen LogP contribution in [0.3, 0.4) is 0 Å². The molecule has 0 saturated carbocycles. The largest absolute Gasteiger partial charge is 0.466 e. The number of hydrogen-bond acceptors (Lipinski definition) is 11. The Hall–Kier alpha value is -2.05. The second kappa shape index (κ2) is 16.9. The fourth-order valence-corrected chi connectivity index (χ4v) is 1.96. The third-order valence-corrected chi connectivity index (χ3v) is 3.03. The van der Waals surface area contributed by atoms with Crippen LogP contribution in [0.4, 0.5) is 0 Å². The van der Waals surface area contributed by atoms with E-state index in [1.165, 1.54) is 13.8 Å². The number of nitrogens with two attached hydrogens (primary N) is 1. The van der Waals surface area contributed by atoms with Gasteiger partial charge in [0, 0.05) is 39.8 Å². The first-order valence-electron chi connectivity index (χ1n) is 9.12. The van der Waals surface area contributed by atoms with Gasteiger partial charge in [-0.3, -0.25) is 14.4 Å². The molecule has 0 aliphatic heterocycles. The molecule has 0 heterocycles. The molecule has 11 heteroatoms. The number of carbonyl (C=O) groups excluding carboxylic acids is 3. The Labute approximate surface area is 170 Å². The summed E-state index contributed by atoms with van der Waals surface area (Å²) in [6, 6.07) is 0. The van der Waals surface area contributed by atoms with Crippen LogP contribution in [0.15, 0.2) is 11.8 Å². The lowest BCUT2D eigenvalue weighted by molar-refractivity contribution is -0.153. The van der Waals surface area contributed by atoms with Crippen molar-refractivity contribution in [2.45, 2.75) is 39.6 Å². The summed E-state index contributed by atoms with van der Waals surface area (Å²) in [5, 5.41) is 9.99. The monoisotopic (exact) mass is 421 g/mol. The van der Waals surface area contributed by atoms with Crippen LogP contribution in [0.5, 0.6) is 0 Å². The molecule has 0 saturated heterocycles. The highest BCUT2D eigenvalue weighted by Gasteiger charge is 2.23. The zero-order valence-corrected chi connectivity index (χ0v) is 17.1. The van der Waals surface area contributed by atoms with Gasteiger partial charge >= 0.3 is 17.9 Å². The smallest absolute Gasteiger partial charge is 0.307 e. The topological polar surface area (TPSA) is 153 Å². The van der Waals surface area contributed by atoms with Gasteiger partial charge in [-0.25, -0.2) is 0 Å². The van der Waals surface area contributed by atoms with Crippen molar-refractivity contribution in [3.05, 3.63) is 11.8 Å². The molecule has 0 bridgehead atoms. The predicted octanol–water partition coefficient (Wildman–Crippen LogP) is -0.355. The van der Waals surface area contributed by atoms with Gasteiger partial charge in [-0.05, 0) is 0 Å². The Balaban J connectivity index is 4.69. The molecule has 0 radical (unpaired) electrons. The van der Waals surface area contributed by atoms with E-state index < -0.39 is 30.3 Å². The second-order valence-corrected chi connectivity index (χ2v) is 5.66. The van der Waals surface area contributed by atoms with Gasteiger partial charge in [-0.2, -0.15) is 0 Å². The normalized spacial score (nSPS) is 13.5. The number of aliphatic hydroxyl groups is 1. The summed E-state index contributed by atoms with van der Waals surface area (Å²) in [6.45, 7) is 5.33. The second-order valence-electron chi connectivity index (χ2n) is 5.66. The summed E-state index contributed by atoms with van der Waals surface area (Å²) in [5.41, 5.74) is 5.28. The molecule has 0 aromatic carbocycles. The molecule has 0 aliphatic carbocycles. The van der Waals surface area contributed by atoms with E-state index in [1.807, 2.05) is 0 Å². The van der Waals surface area contributed by atoms with Gasteiger partial charge < -0.3 is 39.3 Å². The van der Waals surface area contributed by atoms with Crippen LogP contribution in [-0.2, 0) is 42.8 Å². The summed E-state index contributed by atoms with van der Waals surface area (Å²) >= 11 is 0. The number of aliphatic hydroxyl groups excluding tert-OH is 1. The van der Waals surface area contributed by atoms with E-state index in [2.05, 4.69) is 0 Å². The van der Waals surface area contributed by atoms with Crippen molar-refractivity contribution >= 4 is 17.9 Å². The Bertz CT molecular complexity index is 523. The molecule has 0 fully saturated rings. The number of rotatable bonds is 16. The summed E-state index contributed by atoms with van der Waals surface area (Å²) in [7, 11) is 0. The molecule has 0 aromatic rings. The molecule has 2 atom stereocenters. The Kier molecular flexibility index (Phi) is 15.7. The zero-order valence-electron chi connectivity index (χ0n) is 17.1. The average Bonchev–Trinajstić information content (AvgIpc) is 2.61. The lowest BCUT2D eigenvalue weighted by atomic mass is 10.2. The Morgan fingerprint density at radius 2 is 1.52 bits per heavy atom. The summed E-state index contributed by atoms with van der Waals surface area (Å²) in [5.74, 6) is -1.98. The molecule has 29 heavy (non-hydrogen) atoms. The van der Waals surface area contributed by atoms with Gasteiger partial charge in [0.25, 0.3) is 0 Å². The van der Waals surface area contributed by atoms with Gasteiger partial charge in [0.15, 0.2) is 12.4 Å². The predicted molar refractivity (Wildman–Crippen MR) is 99.3 cm³/mol. The molecule has 0 aliphatic rings. The van der Waals surface area contributed by atoms with Crippen molar-refractivity contribution in [3.8, 4) is 0 Å². The Morgan fingerprint density at radius 3 is 2.07 bits per heavy atom. The highest BCUT2D eigenvalue weighted by Crippen LogP contribution is 2.16. The van der Waals surface area contributed by atoms with E-state index in [4.69, 9.17) is 34.2 Å². The van der Waals surface area contributed by atoms with Crippen LogP contribution in [0.2, 0.25) is 0 Å². The highest BCUT2D eigenvalue weighted by atomic mass is 16.6. The molecule has 0 aromatic heterocycles. The van der Waals surface area contributed by atoms with Crippen molar-refractivity contribution in [2.75, 3.05) is 46.2 Å². The van der Waals surface area contributed by atoms with Gasteiger partial charge in [0.1, 0.15) is 5.76 Å². The van der Waals surface area contributed by atoms with Crippen molar-refractivity contribution in [1.82, 2.24) is 0 Å². The minimum atomic E-state index is -1.45. The van der Waals surface area contributed by atoms with Crippen molar-refractivity contribution in [2.24, 2.45) is 5.73 Å². The fraction of sp³-hybridized carbons (Fsp3) is 0.722. The number of ether oxygens (including phenoxy) is 6. The molecule has 0 rings (SSSR count). The summed E-state index contributed by atoms with van der Waals surface area (Å²) < 4.78 is 30.5. The highest BCUT2D eigenvalue weighted by molar-refractivity contribution is 5.68. The van der Waals surface area contributed by atoms with Crippen LogP contribution >= 0.6 is 0 Å². The van der Waals surface area contributed by atoms with Crippen molar-refractivity contribution in [1.29, 1.82) is 0 Å². The van der Waals surface area contributed by atoms with Gasteiger partial charge in [-0.1, -0.05) is 0 Å². The van der Waals surface area contributed by atoms with Crippen molar-refractivity contribution < 1.29 is 47.9 Å². The number of carbonyl (C=O) groups is 3. The van der Waals surface area contributed by atoms with Gasteiger partial charge in [0.2, 0.25) is 0 Å². The first-order valence-corrected chi connectivity index (χ1v) is 9.12. The zero-order chi connectivity index (χ0) is 22.1. The summed E-state index contributed by atoms with van der Waals surface area (Å²) in [4.78, 5) is 33.6.